The number of aromatic amines is 1. The first-order valence-corrected chi connectivity index (χ1v) is 5.85. The van der Waals surface area contributed by atoms with Gasteiger partial charge >= 0.3 is 0 Å². The lowest BCUT2D eigenvalue weighted by Gasteiger charge is -2.03. The molecule has 0 aliphatic heterocycles. The van der Waals surface area contributed by atoms with Crippen molar-refractivity contribution in [3.63, 3.8) is 0 Å². The third kappa shape index (κ3) is 1.49. The number of imidazole rings is 1. The van der Waals surface area contributed by atoms with Gasteiger partial charge in [-0.1, -0.05) is 0 Å². The number of H-pyrrole nitrogens is 1. The fourth-order valence-corrected chi connectivity index (χ4v) is 2.20. The van der Waals surface area contributed by atoms with Gasteiger partial charge < -0.3 is 9.55 Å². The van der Waals surface area contributed by atoms with Crippen molar-refractivity contribution in [2.24, 2.45) is 0 Å². The zero-order valence-corrected chi connectivity index (χ0v) is 10.0. The average Bonchev–Trinajstić information content (AvgIpc) is 3.03. The minimum atomic E-state index is 0.672. The van der Waals surface area contributed by atoms with Crippen LogP contribution in [0.4, 0.5) is 0 Å². The van der Waals surface area contributed by atoms with Gasteiger partial charge in [0.15, 0.2) is 0 Å². The highest BCUT2D eigenvalue weighted by molar-refractivity contribution is 5.95. The predicted octanol–water partition coefficient (Wildman–Crippen LogP) is 2.92. The predicted molar refractivity (Wildman–Crippen MR) is 69.9 cm³/mol. The molecule has 88 valence electrons. The first-order chi connectivity index (χ1) is 8.83. The van der Waals surface area contributed by atoms with Crippen LogP contribution in [0.15, 0.2) is 36.9 Å². The summed E-state index contributed by atoms with van der Waals surface area (Å²) in [5, 5.41) is 10.0. The van der Waals surface area contributed by atoms with Gasteiger partial charge in [-0.2, -0.15) is 5.26 Å². The molecule has 0 amide bonds. The number of nitriles is 1. The first kappa shape index (κ1) is 10.6. The summed E-state index contributed by atoms with van der Waals surface area (Å²) in [6.45, 7) is 2.96. The lowest BCUT2D eigenvalue weighted by molar-refractivity contribution is 0.769. The fourth-order valence-electron chi connectivity index (χ4n) is 2.20. The van der Waals surface area contributed by atoms with Gasteiger partial charge in [0, 0.05) is 29.2 Å². The van der Waals surface area contributed by atoms with Crippen molar-refractivity contribution in [1.82, 2.24) is 14.5 Å². The molecule has 0 atom stereocenters. The maximum absolute atomic E-state index is 8.98. The van der Waals surface area contributed by atoms with E-state index in [4.69, 9.17) is 5.26 Å². The molecule has 0 saturated carbocycles. The highest BCUT2D eigenvalue weighted by atomic mass is 15.0. The zero-order chi connectivity index (χ0) is 12.5. The van der Waals surface area contributed by atoms with E-state index < -0.39 is 0 Å². The average molecular weight is 236 g/mol. The molecular formula is C14H12N4. The molecule has 0 fully saturated rings. The van der Waals surface area contributed by atoms with Crippen LogP contribution in [0.1, 0.15) is 12.5 Å². The normalized spacial score (nSPS) is 10.7. The summed E-state index contributed by atoms with van der Waals surface area (Å²) in [7, 11) is 0. The van der Waals surface area contributed by atoms with E-state index >= 15 is 0 Å². The number of fused-ring (bicyclic) bond motifs is 1. The molecule has 0 bridgehead atoms. The molecule has 0 radical (unpaired) electrons. The van der Waals surface area contributed by atoms with Crippen molar-refractivity contribution < 1.29 is 0 Å². The minimum absolute atomic E-state index is 0.672. The topological polar surface area (TPSA) is 57.4 Å². The number of aromatic nitrogens is 3. The summed E-state index contributed by atoms with van der Waals surface area (Å²) in [5.41, 5.74) is 3.86. The molecule has 4 heteroatoms. The highest BCUT2D eigenvalue weighted by Crippen LogP contribution is 2.29. The largest absolute Gasteiger partial charge is 0.360 e. The second kappa shape index (κ2) is 4.04. The van der Waals surface area contributed by atoms with Crippen LogP contribution < -0.4 is 0 Å². The van der Waals surface area contributed by atoms with Gasteiger partial charge in [0.25, 0.3) is 0 Å². The quantitative estimate of drug-likeness (QED) is 0.743. The molecule has 4 nitrogen and oxygen atoms in total. The molecule has 3 aromatic rings. The monoisotopic (exact) mass is 236 g/mol. The standard InChI is InChI=1S/C14H12N4/c1-2-18-9-16-8-14(18)12-7-17-13-4-3-10(6-15)5-11(12)13/h3-5,7-9,17H,2H2,1H3. The maximum Gasteiger partial charge on any atom is 0.0991 e. The van der Waals surface area contributed by atoms with Gasteiger partial charge in [0.2, 0.25) is 0 Å². The summed E-state index contributed by atoms with van der Waals surface area (Å²) >= 11 is 0. The molecule has 0 aliphatic carbocycles. The Morgan fingerprint density at radius 1 is 1.44 bits per heavy atom. The van der Waals surface area contributed by atoms with E-state index in [2.05, 4.69) is 27.5 Å². The summed E-state index contributed by atoms with van der Waals surface area (Å²) in [4.78, 5) is 7.41. The molecule has 1 N–H and O–H groups in total. The van der Waals surface area contributed by atoms with E-state index in [1.54, 1.807) is 0 Å². The van der Waals surface area contributed by atoms with E-state index in [-0.39, 0.29) is 0 Å². The van der Waals surface area contributed by atoms with Gasteiger partial charge in [-0.25, -0.2) is 4.98 Å². The van der Waals surface area contributed by atoms with Crippen LogP contribution >= 0.6 is 0 Å². The van der Waals surface area contributed by atoms with E-state index in [1.165, 1.54) is 0 Å². The Morgan fingerprint density at radius 2 is 2.33 bits per heavy atom. The summed E-state index contributed by atoms with van der Waals surface area (Å²) in [6.07, 6.45) is 5.64. The first-order valence-electron chi connectivity index (χ1n) is 5.85. The van der Waals surface area contributed by atoms with Gasteiger partial charge in [0.05, 0.1) is 29.9 Å². The van der Waals surface area contributed by atoms with Gasteiger partial charge in [-0.15, -0.1) is 0 Å². The van der Waals surface area contributed by atoms with Crippen LogP contribution in [0.5, 0.6) is 0 Å². The van der Waals surface area contributed by atoms with Gasteiger partial charge in [-0.3, -0.25) is 0 Å². The van der Waals surface area contributed by atoms with Crippen molar-refractivity contribution in [3.05, 3.63) is 42.5 Å². The lowest BCUT2D eigenvalue weighted by atomic mass is 10.1. The van der Waals surface area contributed by atoms with Crippen LogP contribution in [-0.4, -0.2) is 14.5 Å². The van der Waals surface area contributed by atoms with Crippen LogP contribution in [-0.2, 0) is 6.54 Å². The van der Waals surface area contributed by atoms with Gasteiger partial charge in [-0.05, 0) is 25.1 Å². The maximum atomic E-state index is 8.98. The molecule has 2 aromatic heterocycles. The second-order valence-corrected chi connectivity index (χ2v) is 4.14. The Hall–Kier alpha value is -2.54. The Bertz CT molecular complexity index is 743. The number of benzene rings is 1. The van der Waals surface area contributed by atoms with E-state index in [1.807, 2.05) is 36.9 Å². The molecule has 2 heterocycles. The molecule has 0 saturated heterocycles. The number of rotatable bonds is 2. The van der Waals surface area contributed by atoms with Crippen molar-refractivity contribution in [1.29, 1.82) is 5.26 Å². The van der Waals surface area contributed by atoms with Crippen molar-refractivity contribution in [2.45, 2.75) is 13.5 Å². The number of nitrogens with zero attached hydrogens (tertiary/aromatic N) is 3. The number of hydrogen-bond donors (Lipinski definition) is 1. The number of hydrogen-bond acceptors (Lipinski definition) is 2. The van der Waals surface area contributed by atoms with E-state index in [0.29, 0.717) is 5.56 Å². The molecule has 1 aromatic carbocycles. The van der Waals surface area contributed by atoms with Crippen molar-refractivity contribution in [2.75, 3.05) is 0 Å². The van der Waals surface area contributed by atoms with Crippen LogP contribution in [0, 0.1) is 11.3 Å². The minimum Gasteiger partial charge on any atom is -0.360 e. The highest BCUT2D eigenvalue weighted by Gasteiger charge is 2.10. The van der Waals surface area contributed by atoms with Crippen molar-refractivity contribution in [3.8, 4) is 17.3 Å². The molecule has 18 heavy (non-hydrogen) atoms. The molecular weight excluding hydrogens is 224 g/mol. The van der Waals surface area contributed by atoms with E-state index in [9.17, 15) is 0 Å². The number of nitrogens with one attached hydrogen (secondary N) is 1. The van der Waals surface area contributed by atoms with Gasteiger partial charge in [0.1, 0.15) is 0 Å². The fraction of sp³-hybridized carbons (Fsp3) is 0.143. The molecule has 3 rings (SSSR count). The SMILES string of the molecule is CCn1cncc1-c1c[nH]c2ccc(C#N)cc12. The summed E-state index contributed by atoms with van der Waals surface area (Å²) in [5.74, 6) is 0. The summed E-state index contributed by atoms with van der Waals surface area (Å²) < 4.78 is 2.08. The third-order valence-corrected chi connectivity index (χ3v) is 3.14. The van der Waals surface area contributed by atoms with Crippen LogP contribution in [0.2, 0.25) is 0 Å². The second-order valence-electron chi connectivity index (χ2n) is 4.14. The summed E-state index contributed by atoms with van der Waals surface area (Å²) in [6, 6.07) is 7.84. The molecule has 0 unspecified atom stereocenters. The third-order valence-electron chi connectivity index (χ3n) is 3.14. The lowest BCUT2D eigenvalue weighted by Crippen LogP contribution is -1.93. The molecule has 0 aliphatic rings. The Labute approximate surface area is 105 Å². The Morgan fingerprint density at radius 3 is 3.11 bits per heavy atom. The Kier molecular flexibility index (Phi) is 2.38. The number of aryl methyl sites for hydroxylation is 1. The van der Waals surface area contributed by atoms with E-state index in [0.717, 1.165) is 28.7 Å². The molecule has 0 spiro atoms. The zero-order valence-electron chi connectivity index (χ0n) is 10.0. The smallest absolute Gasteiger partial charge is 0.0991 e. The Balaban J connectivity index is 2.27. The van der Waals surface area contributed by atoms with Crippen LogP contribution in [0.3, 0.4) is 0 Å². The van der Waals surface area contributed by atoms with Crippen LogP contribution in [0.25, 0.3) is 22.2 Å². The van der Waals surface area contributed by atoms with Crippen molar-refractivity contribution >= 4 is 10.9 Å².